The SMILES string of the molecule is CC(C)N(C)CCN(CCCC[C@H](N)C(=O)O)C(=O)C(C)(C)C. The second kappa shape index (κ2) is 9.88. The highest BCUT2D eigenvalue weighted by molar-refractivity contribution is 5.81. The fourth-order valence-electron chi connectivity index (χ4n) is 2.12. The molecule has 6 nitrogen and oxygen atoms in total. The molecule has 0 aromatic carbocycles. The molecule has 0 bridgehead atoms. The molecule has 0 saturated heterocycles. The average molecular weight is 329 g/mol. The zero-order chi connectivity index (χ0) is 18.2. The number of carboxylic acids is 1. The summed E-state index contributed by atoms with van der Waals surface area (Å²) in [5.74, 6) is -0.830. The number of aliphatic carboxylic acids is 1. The van der Waals surface area contributed by atoms with Gasteiger partial charge >= 0.3 is 5.97 Å². The van der Waals surface area contributed by atoms with Crippen molar-refractivity contribution in [3.05, 3.63) is 0 Å². The smallest absolute Gasteiger partial charge is 0.320 e. The molecular weight excluding hydrogens is 294 g/mol. The van der Waals surface area contributed by atoms with Gasteiger partial charge in [-0.05, 0) is 40.2 Å². The van der Waals surface area contributed by atoms with Crippen molar-refractivity contribution in [2.24, 2.45) is 11.1 Å². The van der Waals surface area contributed by atoms with Gasteiger partial charge in [0.1, 0.15) is 6.04 Å². The molecule has 0 fully saturated rings. The monoisotopic (exact) mass is 329 g/mol. The molecule has 0 aromatic heterocycles. The largest absolute Gasteiger partial charge is 0.480 e. The van der Waals surface area contributed by atoms with Gasteiger partial charge in [0.05, 0.1) is 0 Å². The van der Waals surface area contributed by atoms with Gasteiger partial charge in [-0.25, -0.2) is 0 Å². The summed E-state index contributed by atoms with van der Waals surface area (Å²) in [6.07, 6.45) is 1.92. The second-order valence-corrected chi connectivity index (χ2v) is 7.56. The molecule has 0 unspecified atom stereocenters. The van der Waals surface area contributed by atoms with Crippen LogP contribution in [0.3, 0.4) is 0 Å². The minimum absolute atomic E-state index is 0.136. The minimum atomic E-state index is -0.966. The lowest BCUT2D eigenvalue weighted by Gasteiger charge is -2.32. The van der Waals surface area contributed by atoms with E-state index in [0.717, 1.165) is 13.0 Å². The van der Waals surface area contributed by atoms with Crippen LogP contribution in [0.5, 0.6) is 0 Å². The number of hydrogen-bond acceptors (Lipinski definition) is 4. The number of carbonyl (C=O) groups is 2. The number of hydrogen-bond donors (Lipinski definition) is 2. The Morgan fingerprint density at radius 1 is 1.09 bits per heavy atom. The third-order valence-electron chi connectivity index (χ3n) is 4.04. The van der Waals surface area contributed by atoms with Crippen LogP contribution in [-0.2, 0) is 9.59 Å². The highest BCUT2D eigenvalue weighted by atomic mass is 16.4. The van der Waals surface area contributed by atoms with Crippen molar-refractivity contribution >= 4 is 11.9 Å². The van der Waals surface area contributed by atoms with E-state index in [-0.39, 0.29) is 5.91 Å². The Kier molecular flexibility index (Phi) is 9.39. The van der Waals surface area contributed by atoms with Gasteiger partial charge in [-0.15, -0.1) is 0 Å². The molecular formula is C17H35N3O3. The van der Waals surface area contributed by atoms with Gasteiger partial charge in [-0.3, -0.25) is 9.59 Å². The van der Waals surface area contributed by atoms with Crippen LogP contribution in [0, 0.1) is 5.41 Å². The van der Waals surface area contributed by atoms with Crippen LogP contribution < -0.4 is 5.73 Å². The molecule has 23 heavy (non-hydrogen) atoms. The van der Waals surface area contributed by atoms with Gasteiger partial charge < -0.3 is 20.6 Å². The van der Waals surface area contributed by atoms with E-state index in [0.29, 0.717) is 32.0 Å². The third kappa shape index (κ3) is 8.91. The van der Waals surface area contributed by atoms with Gasteiger partial charge in [0.2, 0.25) is 5.91 Å². The first-order valence-electron chi connectivity index (χ1n) is 8.44. The van der Waals surface area contributed by atoms with Crippen LogP contribution in [0.15, 0.2) is 0 Å². The number of amides is 1. The van der Waals surface area contributed by atoms with E-state index in [9.17, 15) is 9.59 Å². The van der Waals surface area contributed by atoms with Gasteiger partial charge in [-0.2, -0.15) is 0 Å². The van der Waals surface area contributed by atoms with Gasteiger partial charge in [-0.1, -0.05) is 20.8 Å². The minimum Gasteiger partial charge on any atom is -0.480 e. The molecule has 1 amide bonds. The second-order valence-electron chi connectivity index (χ2n) is 7.56. The first kappa shape index (κ1) is 21.9. The van der Waals surface area contributed by atoms with Gasteiger partial charge in [0, 0.05) is 31.1 Å². The number of rotatable bonds is 10. The highest BCUT2D eigenvalue weighted by Gasteiger charge is 2.27. The summed E-state index contributed by atoms with van der Waals surface area (Å²) in [6.45, 7) is 12.2. The van der Waals surface area contributed by atoms with Crippen molar-refractivity contribution in [2.45, 2.75) is 66.0 Å². The standard InChI is InChI=1S/C17H35N3O3/c1-13(2)19(6)11-12-20(16(23)17(3,4)5)10-8-7-9-14(18)15(21)22/h13-14H,7-12,18H2,1-6H3,(H,21,22)/t14-/m0/s1. The lowest BCUT2D eigenvalue weighted by Crippen LogP contribution is -2.44. The molecule has 0 spiro atoms. The average Bonchev–Trinajstić information content (AvgIpc) is 2.43. The zero-order valence-electron chi connectivity index (χ0n) is 15.6. The number of nitrogens with two attached hydrogens (primary N) is 1. The summed E-state index contributed by atoms with van der Waals surface area (Å²) in [7, 11) is 2.05. The zero-order valence-corrected chi connectivity index (χ0v) is 15.6. The predicted molar refractivity (Wildman–Crippen MR) is 93.3 cm³/mol. The molecule has 0 radical (unpaired) electrons. The van der Waals surface area contributed by atoms with Crippen LogP contribution >= 0.6 is 0 Å². The molecule has 0 aliphatic rings. The summed E-state index contributed by atoms with van der Waals surface area (Å²) >= 11 is 0. The van der Waals surface area contributed by atoms with Crippen molar-refractivity contribution in [1.29, 1.82) is 0 Å². The van der Waals surface area contributed by atoms with Crippen LogP contribution in [0.4, 0.5) is 0 Å². The lowest BCUT2D eigenvalue weighted by atomic mass is 9.94. The fraction of sp³-hybridized carbons (Fsp3) is 0.882. The Labute approximate surface area is 141 Å². The van der Waals surface area contributed by atoms with Crippen LogP contribution in [0.25, 0.3) is 0 Å². The Bertz CT molecular complexity index is 378. The van der Waals surface area contributed by atoms with E-state index in [1.807, 2.05) is 25.7 Å². The van der Waals surface area contributed by atoms with Crippen molar-refractivity contribution in [2.75, 3.05) is 26.7 Å². The summed E-state index contributed by atoms with van der Waals surface area (Å²) in [5, 5.41) is 8.79. The molecule has 3 N–H and O–H groups in total. The highest BCUT2D eigenvalue weighted by Crippen LogP contribution is 2.18. The fourth-order valence-corrected chi connectivity index (χ4v) is 2.12. The lowest BCUT2D eigenvalue weighted by molar-refractivity contribution is -0.140. The number of likely N-dealkylation sites (N-methyl/N-ethyl adjacent to an activating group) is 1. The van der Waals surface area contributed by atoms with Gasteiger partial charge in [0.15, 0.2) is 0 Å². The topological polar surface area (TPSA) is 86.9 Å². The van der Waals surface area contributed by atoms with Crippen LogP contribution in [-0.4, -0.2) is 65.5 Å². The predicted octanol–water partition coefficient (Wildman–Crippen LogP) is 1.78. The van der Waals surface area contributed by atoms with E-state index < -0.39 is 17.4 Å². The van der Waals surface area contributed by atoms with E-state index in [2.05, 4.69) is 25.8 Å². The summed E-state index contributed by atoms with van der Waals surface area (Å²) < 4.78 is 0. The quantitative estimate of drug-likeness (QED) is 0.597. The van der Waals surface area contributed by atoms with Crippen molar-refractivity contribution in [3.8, 4) is 0 Å². The molecule has 136 valence electrons. The van der Waals surface area contributed by atoms with Gasteiger partial charge in [0.25, 0.3) is 0 Å². The molecule has 0 aliphatic carbocycles. The van der Waals surface area contributed by atoms with E-state index in [4.69, 9.17) is 10.8 Å². The van der Waals surface area contributed by atoms with Crippen molar-refractivity contribution in [1.82, 2.24) is 9.80 Å². The molecule has 0 heterocycles. The number of unbranched alkanes of at least 4 members (excludes halogenated alkanes) is 1. The summed E-state index contributed by atoms with van der Waals surface area (Å²) in [4.78, 5) is 27.4. The Morgan fingerprint density at radius 3 is 2.09 bits per heavy atom. The van der Waals surface area contributed by atoms with Crippen LogP contribution in [0.2, 0.25) is 0 Å². The normalized spacial score (nSPS) is 13.4. The maximum absolute atomic E-state index is 12.6. The Balaban J connectivity index is 4.50. The van der Waals surface area contributed by atoms with E-state index in [1.165, 1.54) is 0 Å². The molecule has 0 aromatic rings. The van der Waals surface area contributed by atoms with E-state index in [1.54, 1.807) is 0 Å². The maximum atomic E-state index is 12.6. The molecule has 6 heteroatoms. The number of carbonyl (C=O) groups excluding carboxylic acids is 1. The van der Waals surface area contributed by atoms with Crippen molar-refractivity contribution < 1.29 is 14.7 Å². The maximum Gasteiger partial charge on any atom is 0.320 e. The summed E-state index contributed by atoms with van der Waals surface area (Å²) in [6, 6.07) is -0.371. The Morgan fingerprint density at radius 2 is 1.65 bits per heavy atom. The molecule has 0 aliphatic heterocycles. The van der Waals surface area contributed by atoms with E-state index >= 15 is 0 Å². The first-order valence-corrected chi connectivity index (χ1v) is 8.44. The summed E-state index contributed by atoms with van der Waals surface area (Å²) in [5.41, 5.74) is 5.10. The number of nitrogens with zero attached hydrogens (tertiary/aromatic N) is 2. The Hall–Kier alpha value is -1.14. The molecule has 1 atom stereocenters. The molecule has 0 rings (SSSR count). The van der Waals surface area contributed by atoms with Crippen LogP contribution in [0.1, 0.15) is 53.9 Å². The number of carboxylic acid groups (broad SMARTS) is 1. The molecule has 0 saturated carbocycles. The third-order valence-corrected chi connectivity index (χ3v) is 4.04. The van der Waals surface area contributed by atoms with Crippen molar-refractivity contribution in [3.63, 3.8) is 0 Å². The first-order chi connectivity index (χ1) is 10.5.